The molecule has 0 aliphatic heterocycles. The zero-order valence-corrected chi connectivity index (χ0v) is 12.3. The van der Waals surface area contributed by atoms with Gasteiger partial charge in [0, 0.05) is 9.79 Å². The van der Waals surface area contributed by atoms with Gasteiger partial charge in [0.25, 0.3) is 0 Å². The van der Waals surface area contributed by atoms with Gasteiger partial charge < -0.3 is 0 Å². The molecule has 0 N–H and O–H groups in total. The van der Waals surface area contributed by atoms with Crippen LogP contribution < -0.4 is 0 Å². The maximum Gasteiger partial charge on any atom is 0.0507 e. The van der Waals surface area contributed by atoms with Crippen molar-refractivity contribution >= 4 is 32.4 Å². The van der Waals surface area contributed by atoms with Crippen LogP contribution in [-0.2, 0) is 6.42 Å². The second kappa shape index (κ2) is 6.84. The van der Waals surface area contributed by atoms with Gasteiger partial charge in [0.1, 0.15) is 0 Å². The van der Waals surface area contributed by atoms with E-state index in [-0.39, 0.29) is 0 Å². The van der Waals surface area contributed by atoms with Crippen molar-refractivity contribution < 1.29 is 0 Å². The van der Waals surface area contributed by atoms with Gasteiger partial charge >= 0.3 is 0 Å². The highest BCUT2D eigenvalue weighted by Gasteiger charge is 2.01. The fourth-order valence-electron chi connectivity index (χ4n) is 1.57. The summed E-state index contributed by atoms with van der Waals surface area (Å²) < 4.78 is 1.22. The predicted molar refractivity (Wildman–Crippen MR) is 81.2 cm³/mol. The monoisotopic (exact) mass is 327 g/mol. The Hall–Kier alpha value is -0.640. The Kier molecular flexibility index (Phi) is 5.74. The first-order valence-corrected chi connectivity index (χ1v) is 6.71. The van der Waals surface area contributed by atoms with E-state index in [0.29, 0.717) is 0 Å². The van der Waals surface area contributed by atoms with E-state index in [1.807, 2.05) is 20.1 Å². The van der Waals surface area contributed by atoms with Gasteiger partial charge in [-0.15, -0.1) is 0 Å². The van der Waals surface area contributed by atoms with E-state index in [4.69, 9.17) is 0 Å². The van der Waals surface area contributed by atoms with Gasteiger partial charge in [-0.3, -0.25) is 4.99 Å². The van der Waals surface area contributed by atoms with Crippen molar-refractivity contribution in [2.75, 3.05) is 0 Å². The fourth-order valence-corrected chi connectivity index (χ4v) is 2.06. The SMILES string of the molecule is CC=N/C(C)=C(\I)c1ccc(CCC)cc1. The first-order chi connectivity index (χ1) is 7.69. The minimum atomic E-state index is 1.08. The molecular formula is C14H18IN. The summed E-state index contributed by atoms with van der Waals surface area (Å²) >= 11 is 2.36. The summed E-state index contributed by atoms with van der Waals surface area (Å²) in [6, 6.07) is 8.78. The second-order valence-electron chi connectivity index (χ2n) is 3.73. The van der Waals surface area contributed by atoms with Crippen LogP contribution in [0.4, 0.5) is 0 Å². The molecular weight excluding hydrogens is 309 g/mol. The molecule has 16 heavy (non-hydrogen) atoms. The fraction of sp³-hybridized carbons (Fsp3) is 0.357. The lowest BCUT2D eigenvalue weighted by molar-refractivity contribution is 0.922. The van der Waals surface area contributed by atoms with E-state index in [1.54, 1.807) is 0 Å². The summed E-state index contributed by atoms with van der Waals surface area (Å²) in [7, 11) is 0. The average molecular weight is 327 g/mol. The molecule has 0 aliphatic rings. The predicted octanol–water partition coefficient (Wildman–Crippen LogP) is 4.85. The van der Waals surface area contributed by atoms with E-state index >= 15 is 0 Å². The summed E-state index contributed by atoms with van der Waals surface area (Å²) in [5, 5.41) is 0. The molecule has 2 heteroatoms. The molecule has 0 heterocycles. The van der Waals surface area contributed by atoms with Crippen molar-refractivity contribution in [1.29, 1.82) is 0 Å². The standard InChI is InChI=1S/C14H18IN/c1-4-6-12-7-9-13(10-8-12)14(15)11(3)16-5-2/h5,7-10H,4,6H2,1-3H3/b14-11-,16-5?. The van der Waals surface area contributed by atoms with E-state index in [0.717, 1.165) is 12.1 Å². The molecule has 0 fully saturated rings. The Balaban J connectivity index is 2.93. The normalized spacial score (nSPS) is 13.0. The largest absolute Gasteiger partial charge is 0.265 e. The lowest BCUT2D eigenvalue weighted by Crippen LogP contribution is -1.85. The van der Waals surface area contributed by atoms with E-state index in [9.17, 15) is 0 Å². The van der Waals surface area contributed by atoms with Crippen LogP contribution >= 0.6 is 22.6 Å². The van der Waals surface area contributed by atoms with Crippen LogP contribution in [0.25, 0.3) is 3.58 Å². The van der Waals surface area contributed by atoms with Crippen molar-refractivity contribution in [2.45, 2.75) is 33.6 Å². The zero-order valence-electron chi connectivity index (χ0n) is 10.1. The van der Waals surface area contributed by atoms with Gasteiger partial charge in [-0.1, -0.05) is 37.6 Å². The Bertz CT molecular complexity index is 388. The quantitative estimate of drug-likeness (QED) is 0.553. The van der Waals surface area contributed by atoms with Gasteiger partial charge in [-0.2, -0.15) is 0 Å². The van der Waals surface area contributed by atoms with Crippen LogP contribution in [-0.4, -0.2) is 6.21 Å². The lowest BCUT2D eigenvalue weighted by Gasteiger charge is -2.04. The number of hydrogen-bond donors (Lipinski definition) is 0. The molecule has 1 aromatic carbocycles. The molecule has 0 saturated heterocycles. The van der Waals surface area contributed by atoms with Crippen LogP contribution in [0.5, 0.6) is 0 Å². The topological polar surface area (TPSA) is 12.4 Å². The van der Waals surface area contributed by atoms with Crippen LogP contribution in [0.15, 0.2) is 35.0 Å². The van der Waals surface area contributed by atoms with Gasteiger partial charge in [-0.25, -0.2) is 0 Å². The Labute approximate surface area is 112 Å². The first-order valence-electron chi connectivity index (χ1n) is 5.63. The Morgan fingerprint density at radius 3 is 2.44 bits per heavy atom. The average Bonchev–Trinajstić information content (AvgIpc) is 2.30. The van der Waals surface area contributed by atoms with Crippen LogP contribution in [0, 0.1) is 0 Å². The van der Waals surface area contributed by atoms with Gasteiger partial charge in [0.05, 0.1) is 5.70 Å². The van der Waals surface area contributed by atoms with E-state index in [1.165, 1.54) is 21.1 Å². The van der Waals surface area contributed by atoms with Gasteiger partial charge in [-0.05, 0) is 54.0 Å². The van der Waals surface area contributed by atoms with Gasteiger partial charge in [0.2, 0.25) is 0 Å². The summed E-state index contributed by atoms with van der Waals surface area (Å²) in [6.07, 6.45) is 4.19. The van der Waals surface area contributed by atoms with Crippen LogP contribution in [0.2, 0.25) is 0 Å². The van der Waals surface area contributed by atoms with Crippen molar-refractivity contribution in [2.24, 2.45) is 4.99 Å². The van der Waals surface area contributed by atoms with E-state index in [2.05, 4.69) is 58.8 Å². The van der Waals surface area contributed by atoms with Crippen molar-refractivity contribution in [3.63, 3.8) is 0 Å². The lowest BCUT2D eigenvalue weighted by atomic mass is 10.1. The summed E-state index contributed by atoms with van der Waals surface area (Å²) in [5.41, 5.74) is 3.74. The number of hydrogen-bond acceptors (Lipinski definition) is 1. The molecule has 0 aromatic heterocycles. The highest BCUT2D eigenvalue weighted by Crippen LogP contribution is 2.26. The minimum Gasteiger partial charge on any atom is -0.265 e. The van der Waals surface area contributed by atoms with E-state index < -0.39 is 0 Å². The van der Waals surface area contributed by atoms with Crippen molar-refractivity contribution in [1.82, 2.24) is 0 Å². The molecule has 1 aromatic rings. The third-order valence-corrected chi connectivity index (χ3v) is 3.79. The molecule has 1 rings (SSSR count). The minimum absolute atomic E-state index is 1.08. The maximum atomic E-state index is 4.31. The first kappa shape index (κ1) is 13.4. The maximum absolute atomic E-state index is 4.31. The molecule has 0 unspecified atom stereocenters. The number of aliphatic imine (C=N–C) groups is 1. The summed E-state index contributed by atoms with van der Waals surface area (Å²) in [4.78, 5) is 4.31. The highest BCUT2D eigenvalue weighted by atomic mass is 127. The molecule has 0 atom stereocenters. The number of aryl methyl sites for hydroxylation is 1. The molecule has 0 radical (unpaired) electrons. The molecule has 0 spiro atoms. The molecule has 0 aliphatic carbocycles. The summed E-state index contributed by atoms with van der Waals surface area (Å²) in [5.74, 6) is 0. The molecule has 86 valence electrons. The number of allylic oxidation sites excluding steroid dienone is 1. The Morgan fingerprint density at radius 1 is 1.31 bits per heavy atom. The zero-order chi connectivity index (χ0) is 12.0. The number of benzene rings is 1. The molecule has 0 amide bonds. The third-order valence-electron chi connectivity index (χ3n) is 2.39. The van der Waals surface area contributed by atoms with Crippen molar-refractivity contribution in [3.05, 3.63) is 41.1 Å². The van der Waals surface area contributed by atoms with Crippen LogP contribution in [0.1, 0.15) is 38.3 Å². The smallest absolute Gasteiger partial charge is 0.0507 e. The van der Waals surface area contributed by atoms with Crippen molar-refractivity contribution in [3.8, 4) is 0 Å². The van der Waals surface area contributed by atoms with Gasteiger partial charge in [0.15, 0.2) is 0 Å². The third kappa shape index (κ3) is 3.74. The second-order valence-corrected chi connectivity index (χ2v) is 4.81. The molecule has 0 bridgehead atoms. The number of nitrogens with zero attached hydrogens (tertiary/aromatic N) is 1. The highest BCUT2D eigenvalue weighted by molar-refractivity contribution is 14.1. The Morgan fingerprint density at radius 2 is 1.94 bits per heavy atom. The van der Waals surface area contributed by atoms with Crippen LogP contribution in [0.3, 0.4) is 0 Å². The molecule has 1 nitrogen and oxygen atoms in total. The number of halogens is 1. The number of rotatable bonds is 4. The molecule has 0 saturated carbocycles. The summed E-state index contributed by atoms with van der Waals surface area (Å²) in [6.45, 7) is 6.19.